The molecule has 0 saturated carbocycles. The molecule has 0 amide bonds. The summed E-state index contributed by atoms with van der Waals surface area (Å²) in [6.45, 7) is 12.9. The van der Waals surface area contributed by atoms with Gasteiger partial charge in [0, 0.05) is 12.3 Å². The standard InChI is InChI=1S/C23H25N3.C5H11N.CH5N/c1-4-18(2)20-13-15-21(16-14-20)22-17-25-23(26(22)24-3)12-8-11-19-9-6-5-7-10-19;1-5-2-3-6-4-5;1-2/h5-10,12-18H,3-4,11H2,1-2H3;5-6H,2-4H2,1H3;2H2,1H3/b12-8-;;/t;5-;/m.1./s1. The maximum Gasteiger partial charge on any atom is 0.153 e. The van der Waals surface area contributed by atoms with Crippen LogP contribution in [0.2, 0.25) is 0 Å². The maximum atomic E-state index is 4.51. The second kappa shape index (κ2) is 15.0. The van der Waals surface area contributed by atoms with Crippen LogP contribution < -0.4 is 11.1 Å². The zero-order valence-electron chi connectivity index (χ0n) is 21.2. The monoisotopic (exact) mass is 459 g/mol. The highest BCUT2D eigenvalue weighted by Crippen LogP contribution is 2.25. The van der Waals surface area contributed by atoms with Gasteiger partial charge in [-0.25, -0.2) is 9.66 Å². The van der Waals surface area contributed by atoms with Crippen LogP contribution in [-0.2, 0) is 6.42 Å². The Morgan fingerprint density at radius 1 is 1.18 bits per heavy atom. The molecule has 2 aromatic carbocycles. The Morgan fingerprint density at radius 2 is 1.88 bits per heavy atom. The number of imidazole rings is 1. The van der Waals surface area contributed by atoms with Crippen LogP contribution in [0.25, 0.3) is 17.3 Å². The quantitative estimate of drug-likeness (QED) is 0.427. The van der Waals surface area contributed by atoms with Gasteiger partial charge < -0.3 is 11.1 Å². The Morgan fingerprint density at radius 3 is 2.41 bits per heavy atom. The van der Waals surface area contributed by atoms with Crippen molar-refractivity contribution in [1.29, 1.82) is 0 Å². The molecule has 182 valence electrons. The fourth-order valence-corrected chi connectivity index (χ4v) is 3.75. The van der Waals surface area contributed by atoms with Gasteiger partial charge in [0.1, 0.15) is 0 Å². The van der Waals surface area contributed by atoms with E-state index in [1.54, 1.807) is 4.68 Å². The van der Waals surface area contributed by atoms with E-state index < -0.39 is 0 Å². The topological polar surface area (TPSA) is 68.2 Å². The average Bonchev–Trinajstić information content (AvgIpc) is 3.54. The normalized spacial score (nSPS) is 15.7. The summed E-state index contributed by atoms with van der Waals surface area (Å²) in [5, 5.41) is 7.43. The predicted octanol–water partition coefficient (Wildman–Crippen LogP) is 5.97. The molecule has 4 rings (SSSR count). The molecule has 1 aromatic heterocycles. The molecular formula is C29H41N5. The van der Waals surface area contributed by atoms with Gasteiger partial charge in [-0.1, -0.05) is 81.4 Å². The molecule has 1 aliphatic rings. The molecule has 34 heavy (non-hydrogen) atoms. The highest BCUT2D eigenvalue weighted by atomic mass is 15.4. The Bertz CT molecular complexity index is 983. The Balaban J connectivity index is 0.000000437. The van der Waals surface area contributed by atoms with E-state index in [0.29, 0.717) is 5.92 Å². The Labute approximate surface area is 205 Å². The van der Waals surface area contributed by atoms with Crippen molar-refractivity contribution in [3.63, 3.8) is 0 Å². The maximum absolute atomic E-state index is 4.51. The van der Waals surface area contributed by atoms with Gasteiger partial charge in [-0.3, -0.25) is 0 Å². The van der Waals surface area contributed by atoms with Gasteiger partial charge in [-0.05, 0) is 68.4 Å². The molecule has 3 N–H and O–H groups in total. The van der Waals surface area contributed by atoms with Gasteiger partial charge in [-0.15, -0.1) is 0 Å². The number of hydrogen-bond acceptors (Lipinski definition) is 4. The summed E-state index contributed by atoms with van der Waals surface area (Å²) in [7, 11) is 1.50. The van der Waals surface area contributed by atoms with Crippen molar-refractivity contribution in [2.24, 2.45) is 16.8 Å². The van der Waals surface area contributed by atoms with Crippen LogP contribution in [-0.4, -0.2) is 36.5 Å². The van der Waals surface area contributed by atoms with Gasteiger partial charge in [0.2, 0.25) is 0 Å². The van der Waals surface area contributed by atoms with Gasteiger partial charge in [-0.2, -0.15) is 5.10 Å². The van der Waals surface area contributed by atoms with E-state index >= 15 is 0 Å². The lowest BCUT2D eigenvalue weighted by atomic mass is 9.97. The molecule has 1 unspecified atom stereocenters. The number of nitrogens with two attached hydrogens (primary N) is 1. The fourth-order valence-electron chi connectivity index (χ4n) is 3.75. The number of nitrogens with one attached hydrogen (secondary N) is 1. The number of hydrogen-bond donors (Lipinski definition) is 2. The SMILES string of the molecule is C=Nn1c(-c2ccc(C(C)CC)cc2)cnc1/C=C\Cc1ccccc1.CN.C[C@@H]1CCNC1. The van der Waals surface area contributed by atoms with E-state index in [1.807, 2.05) is 18.3 Å². The number of nitrogens with zero attached hydrogens (tertiary/aromatic N) is 3. The minimum absolute atomic E-state index is 0.572. The molecule has 2 heterocycles. The summed E-state index contributed by atoms with van der Waals surface area (Å²) >= 11 is 0. The summed E-state index contributed by atoms with van der Waals surface area (Å²) in [5.74, 6) is 2.30. The summed E-state index contributed by atoms with van der Waals surface area (Å²) in [5.41, 5.74) is 9.18. The van der Waals surface area contributed by atoms with E-state index in [1.165, 1.54) is 37.7 Å². The van der Waals surface area contributed by atoms with Crippen LogP contribution in [0.1, 0.15) is 56.5 Å². The fraction of sp³-hybridized carbons (Fsp3) is 0.379. The number of benzene rings is 2. The van der Waals surface area contributed by atoms with Crippen LogP contribution in [0.3, 0.4) is 0 Å². The number of aromatic nitrogens is 2. The molecule has 5 heteroatoms. The third-order valence-corrected chi connectivity index (χ3v) is 6.06. The first kappa shape index (κ1) is 27.2. The number of rotatable bonds is 7. The van der Waals surface area contributed by atoms with Crippen LogP contribution in [0, 0.1) is 5.92 Å². The van der Waals surface area contributed by atoms with Crippen LogP contribution in [0.5, 0.6) is 0 Å². The van der Waals surface area contributed by atoms with Crippen LogP contribution >= 0.6 is 0 Å². The first-order valence-electron chi connectivity index (χ1n) is 12.3. The van der Waals surface area contributed by atoms with Crippen molar-refractivity contribution < 1.29 is 0 Å². The molecule has 0 aliphatic carbocycles. The zero-order valence-corrected chi connectivity index (χ0v) is 21.2. The second-order valence-electron chi connectivity index (χ2n) is 8.58. The third-order valence-electron chi connectivity index (χ3n) is 6.06. The summed E-state index contributed by atoms with van der Waals surface area (Å²) in [6.07, 6.45) is 9.34. The first-order chi connectivity index (χ1) is 16.6. The van der Waals surface area contributed by atoms with Gasteiger partial charge in [0.15, 0.2) is 5.82 Å². The third kappa shape index (κ3) is 8.08. The smallest absolute Gasteiger partial charge is 0.153 e. The molecule has 0 bridgehead atoms. The van der Waals surface area contributed by atoms with Crippen molar-refractivity contribution in [3.05, 3.63) is 83.8 Å². The van der Waals surface area contributed by atoms with Gasteiger partial charge in [0.25, 0.3) is 0 Å². The minimum Gasteiger partial charge on any atom is -0.333 e. The van der Waals surface area contributed by atoms with Gasteiger partial charge >= 0.3 is 0 Å². The molecular weight excluding hydrogens is 418 g/mol. The van der Waals surface area contributed by atoms with Crippen molar-refractivity contribution in [2.45, 2.75) is 46.0 Å². The summed E-state index contributed by atoms with van der Waals surface area (Å²) in [6, 6.07) is 19.0. The number of allylic oxidation sites excluding steroid dienone is 1. The average molecular weight is 460 g/mol. The first-order valence-corrected chi connectivity index (χ1v) is 12.3. The highest BCUT2D eigenvalue weighted by Gasteiger charge is 2.10. The van der Waals surface area contributed by atoms with E-state index in [2.05, 4.69) is 103 Å². The molecule has 0 spiro atoms. The van der Waals surface area contributed by atoms with Crippen molar-refractivity contribution in [3.8, 4) is 11.3 Å². The molecule has 1 fully saturated rings. The Kier molecular flexibility index (Phi) is 12.0. The lowest BCUT2D eigenvalue weighted by Crippen LogP contribution is -2.06. The molecule has 2 atom stereocenters. The summed E-state index contributed by atoms with van der Waals surface area (Å²) < 4.78 is 1.79. The molecule has 1 saturated heterocycles. The van der Waals surface area contributed by atoms with E-state index in [-0.39, 0.29) is 0 Å². The van der Waals surface area contributed by atoms with Crippen molar-refractivity contribution in [2.75, 3.05) is 20.1 Å². The van der Waals surface area contributed by atoms with Crippen molar-refractivity contribution in [1.82, 2.24) is 15.0 Å². The molecule has 3 aromatic rings. The summed E-state index contributed by atoms with van der Waals surface area (Å²) in [4.78, 5) is 4.51. The van der Waals surface area contributed by atoms with Crippen LogP contribution in [0.15, 0.2) is 72.0 Å². The van der Waals surface area contributed by atoms with Crippen LogP contribution in [0.4, 0.5) is 0 Å². The van der Waals surface area contributed by atoms with E-state index in [4.69, 9.17) is 0 Å². The lowest BCUT2D eigenvalue weighted by Gasteiger charge is -2.10. The molecule has 0 radical (unpaired) electrons. The van der Waals surface area contributed by atoms with Crippen molar-refractivity contribution >= 4 is 12.8 Å². The predicted molar refractivity (Wildman–Crippen MR) is 147 cm³/mol. The molecule has 1 aliphatic heterocycles. The minimum atomic E-state index is 0.572. The van der Waals surface area contributed by atoms with E-state index in [0.717, 1.165) is 35.8 Å². The van der Waals surface area contributed by atoms with Gasteiger partial charge in [0.05, 0.1) is 11.9 Å². The Hall–Kier alpha value is -3.02. The lowest BCUT2D eigenvalue weighted by molar-refractivity contribution is 0.651. The highest BCUT2D eigenvalue weighted by molar-refractivity contribution is 5.62. The largest absolute Gasteiger partial charge is 0.333 e. The second-order valence-corrected chi connectivity index (χ2v) is 8.58. The van der Waals surface area contributed by atoms with E-state index in [9.17, 15) is 0 Å². The molecule has 5 nitrogen and oxygen atoms in total. The zero-order chi connectivity index (χ0) is 24.8.